The number of carbonyl (C=O) groups excluding carboxylic acids is 1. The maximum absolute atomic E-state index is 11.2. The summed E-state index contributed by atoms with van der Waals surface area (Å²) >= 11 is 0. The number of benzene rings is 1. The van der Waals surface area contributed by atoms with E-state index in [9.17, 15) is 4.79 Å². The van der Waals surface area contributed by atoms with E-state index in [-0.39, 0.29) is 5.82 Å². The fraction of sp³-hybridized carbons (Fsp3) is 0.267. The fourth-order valence-corrected chi connectivity index (χ4v) is 1.87. The van der Waals surface area contributed by atoms with Gasteiger partial charge in [0.2, 0.25) is 5.82 Å². The minimum Gasteiger partial charge on any atom is -0.363 e. The van der Waals surface area contributed by atoms with Gasteiger partial charge >= 0.3 is 0 Å². The number of hydrogen-bond donors (Lipinski definition) is 1. The zero-order valence-electron chi connectivity index (χ0n) is 11.3. The summed E-state index contributed by atoms with van der Waals surface area (Å²) in [5.74, 6) is -0.0611. The molecule has 1 heterocycles. The maximum Gasteiger partial charge on any atom is 0.286 e. The molecule has 2 rings (SSSR count). The Kier molecular flexibility index (Phi) is 3.60. The Morgan fingerprint density at radius 2 is 1.79 bits per heavy atom. The predicted molar refractivity (Wildman–Crippen MR) is 74.8 cm³/mol. The van der Waals surface area contributed by atoms with E-state index < -0.39 is 5.91 Å². The molecule has 0 spiro atoms. The van der Waals surface area contributed by atoms with Gasteiger partial charge in [0.25, 0.3) is 5.91 Å². The van der Waals surface area contributed by atoms with Crippen molar-refractivity contribution in [1.29, 1.82) is 0 Å². The highest BCUT2D eigenvalue weighted by atomic mass is 16.1. The van der Waals surface area contributed by atoms with Crippen molar-refractivity contribution >= 4 is 5.91 Å². The molecule has 1 aromatic heterocycles. The van der Waals surface area contributed by atoms with Crippen molar-refractivity contribution in [3.05, 3.63) is 47.4 Å². The molecule has 2 aromatic rings. The molecule has 2 N–H and O–H groups in total. The van der Waals surface area contributed by atoms with Gasteiger partial charge in [-0.2, -0.15) is 0 Å². The Morgan fingerprint density at radius 1 is 1.16 bits per heavy atom. The van der Waals surface area contributed by atoms with Crippen LogP contribution in [0.25, 0.3) is 11.3 Å². The molecule has 1 aromatic carbocycles. The number of hydrogen-bond acceptors (Lipinski definition) is 3. The first-order valence-electron chi connectivity index (χ1n) is 6.23. The Labute approximate surface area is 112 Å². The summed E-state index contributed by atoms with van der Waals surface area (Å²) in [5.41, 5.74) is 8.90. The van der Waals surface area contributed by atoms with Gasteiger partial charge in [0.1, 0.15) is 0 Å². The second-order valence-electron chi connectivity index (χ2n) is 4.86. The highest BCUT2D eigenvalue weighted by Crippen LogP contribution is 2.21. The molecule has 0 radical (unpaired) electrons. The standard InChI is InChI=1S/C15H17N3O/c1-9(2)11-4-6-12(7-5-11)13-8-10(3)17-15(18-13)14(16)19/h4-9H,1-3H3,(H2,16,19). The van der Waals surface area contributed by atoms with Crippen LogP contribution in [-0.2, 0) is 0 Å². The summed E-state index contributed by atoms with van der Waals surface area (Å²) in [5, 5.41) is 0. The SMILES string of the molecule is Cc1cc(-c2ccc(C(C)C)cc2)nc(C(N)=O)n1. The van der Waals surface area contributed by atoms with Crippen LogP contribution >= 0.6 is 0 Å². The zero-order valence-corrected chi connectivity index (χ0v) is 11.3. The second kappa shape index (κ2) is 5.18. The molecule has 0 fully saturated rings. The zero-order chi connectivity index (χ0) is 14.0. The van der Waals surface area contributed by atoms with Gasteiger partial charge in [-0.15, -0.1) is 0 Å². The van der Waals surface area contributed by atoms with Gasteiger partial charge in [0.05, 0.1) is 5.69 Å². The van der Waals surface area contributed by atoms with Crippen LogP contribution in [0.2, 0.25) is 0 Å². The molecule has 0 saturated heterocycles. The number of aromatic nitrogens is 2. The highest BCUT2D eigenvalue weighted by Gasteiger charge is 2.09. The van der Waals surface area contributed by atoms with Crippen LogP contribution in [0.5, 0.6) is 0 Å². The minimum absolute atomic E-state index is 0.0583. The van der Waals surface area contributed by atoms with Crippen molar-refractivity contribution in [2.45, 2.75) is 26.7 Å². The smallest absolute Gasteiger partial charge is 0.286 e. The molecule has 0 aliphatic heterocycles. The monoisotopic (exact) mass is 255 g/mol. The van der Waals surface area contributed by atoms with Gasteiger partial charge in [0.15, 0.2) is 0 Å². The molecule has 0 unspecified atom stereocenters. The average molecular weight is 255 g/mol. The van der Waals surface area contributed by atoms with E-state index in [0.29, 0.717) is 5.92 Å². The molecule has 0 atom stereocenters. The summed E-state index contributed by atoms with van der Waals surface area (Å²) in [7, 11) is 0. The van der Waals surface area contributed by atoms with Crippen molar-refractivity contribution in [2.24, 2.45) is 5.73 Å². The van der Waals surface area contributed by atoms with E-state index >= 15 is 0 Å². The van der Waals surface area contributed by atoms with Crippen LogP contribution < -0.4 is 5.73 Å². The molecule has 4 nitrogen and oxygen atoms in total. The van der Waals surface area contributed by atoms with Crippen molar-refractivity contribution < 1.29 is 4.79 Å². The lowest BCUT2D eigenvalue weighted by Crippen LogP contribution is -2.16. The summed E-state index contributed by atoms with van der Waals surface area (Å²) in [6, 6.07) is 9.99. The normalized spacial score (nSPS) is 10.7. The number of rotatable bonds is 3. The fourth-order valence-electron chi connectivity index (χ4n) is 1.87. The van der Waals surface area contributed by atoms with E-state index in [1.165, 1.54) is 5.56 Å². The summed E-state index contributed by atoms with van der Waals surface area (Å²) in [6.45, 7) is 6.12. The van der Waals surface area contributed by atoms with Gasteiger partial charge in [-0.3, -0.25) is 4.79 Å². The molecule has 0 aliphatic carbocycles. The van der Waals surface area contributed by atoms with E-state index in [0.717, 1.165) is 17.0 Å². The quantitative estimate of drug-likeness (QED) is 0.916. The van der Waals surface area contributed by atoms with Crippen LogP contribution in [0, 0.1) is 6.92 Å². The Hall–Kier alpha value is -2.23. The topological polar surface area (TPSA) is 68.9 Å². The lowest BCUT2D eigenvalue weighted by molar-refractivity contribution is 0.0990. The Balaban J connectivity index is 2.43. The van der Waals surface area contributed by atoms with E-state index in [1.807, 2.05) is 25.1 Å². The Morgan fingerprint density at radius 3 is 2.32 bits per heavy atom. The second-order valence-corrected chi connectivity index (χ2v) is 4.86. The van der Waals surface area contributed by atoms with Gasteiger partial charge in [-0.25, -0.2) is 9.97 Å². The van der Waals surface area contributed by atoms with Crippen LogP contribution in [0.1, 0.15) is 41.6 Å². The van der Waals surface area contributed by atoms with E-state index in [2.05, 4.69) is 35.9 Å². The molecule has 98 valence electrons. The number of primary amides is 1. The minimum atomic E-state index is -0.608. The van der Waals surface area contributed by atoms with Gasteiger partial charge in [0, 0.05) is 11.3 Å². The average Bonchev–Trinajstić information content (AvgIpc) is 2.38. The summed E-state index contributed by atoms with van der Waals surface area (Å²) < 4.78 is 0. The molecule has 0 saturated carbocycles. The lowest BCUT2D eigenvalue weighted by Gasteiger charge is -2.07. The molecular weight excluding hydrogens is 238 g/mol. The largest absolute Gasteiger partial charge is 0.363 e. The number of nitrogens with two attached hydrogens (primary N) is 1. The van der Waals surface area contributed by atoms with Crippen molar-refractivity contribution in [2.75, 3.05) is 0 Å². The molecule has 0 bridgehead atoms. The van der Waals surface area contributed by atoms with Crippen LogP contribution in [0.15, 0.2) is 30.3 Å². The maximum atomic E-state index is 11.2. The van der Waals surface area contributed by atoms with Crippen molar-refractivity contribution in [3.8, 4) is 11.3 Å². The first kappa shape index (κ1) is 13.2. The van der Waals surface area contributed by atoms with Crippen LogP contribution in [-0.4, -0.2) is 15.9 Å². The van der Waals surface area contributed by atoms with Gasteiger partial charge in [-0.05, 0) is 24.5 Å². The molecule has 0 aliphatic rings. The molecule has 1 amide bonds. The van der Waals surface area contributed by atoms with Crippen molar-refractivity contribution in [3.63, 3.8) is 0 Å². The number of aryl methyl sites for hydroxylation is 1. The van der Waals surface area contributed by atoms with Crippen LogP contribution in [0.4, 0.5) is 0 Å². The number of nitrogens with zero attached hydrogens (tertiary/aromatic N) is 2. The third-order valence-corrected chi connectivity index (χ3v) is 2.95. The Bertz CT molecular complexity index is 603. The molecule has 19 heavy (non-hydrogen) atoms. The summed E-state index contributed by atoms with van der Waals surface area (Å²) in [6.07, 6.45) is 0. The lowest BCUT2D eigenvalue weighted by atomic mass is 10.0. The predicted octanol–water partition coefficient (Wildman–Crippen LogP) is 2.67. The third-order valence-electron chi connectivity index (χ3n) is 2.95. The highest BCUT2D eigenvalue weighted by molar-refractivity contribution is 5.89. The first-order chi connectivity index (χ1) is 8.97. The van der Waals surface area contributed by atoms with Gasteiger partial charge < -0.3 is 5.73 Å². The van der Waals surface area contributed by atoms with Crippen LogP contribution in [0.3, 0.4) is 0 Å². The molecular formula is C15H17N3O. The number of carbonyl (C=O) groups is 1. The van der Waals surface area contributed by atoms with E-state index in [4.69, 9.17) is 5.73 Å². The third kappa shape index (κ3) is 2.96. The van der Waals surface area contributed by atoms with Crippen molar-refractivity contribution in [1.82, 2.24) is 9.97 Å². The first-order valence-corrected chi connectivity index (χ1v) is 6.23. The van der Waals surface area contributed by atoms with E-state index in [1.54, 1.807) is 0 Å². The van der Waals surface area contributed by atoms with Gasteiger partial charge in [-0.1, -0.05) is 38.1 Å². The molecule has 4 heteroatoms. The summed E-state index contributed by atoms with van der Waals surface area (Å²) in [4.78, 5) is 19.4. The number of amides is 1.